The average molecular weight is 454 g/mol. The van der Waals surface area contributed by atoms with E-state index >= 15 is 0 Å². The molecular weight excluding hydrogens is 430 g/mol. The SMILES string of the molecule is COC(=O)NC(CC(C)C)C(=O)NCCN1C(=O)S/C(=C\c2ccc(Cl)cc2)C1=O. The molecule has 1 unspecified atom stereocenters. The summed E-state index contributed by atoms with van der Waals surface area (Å²) in [5.74, 6) is -0.657. The second-order valence-electron chi connectivity index (χ2n) is 6.99. The van der Waals surface area contributed by atoms with E-state index in [2.05, 4.69) is 15.4 Å². The van der Waals surface area contributed by atoms with E-state index in [0.717, 1.165) is 22.2 Å². The van der Waals surface area contributed by atoms with Crippen molar-refractivity contribution in [2.24, 2.45) is 5.92 Å². The molecule has 1 heterocycles. The van der Waals surface area contributed by atoms with E-state index in [1.165, 1.54) is 7.11 Å². The monoisotopic (exact) mass is 453 g/mol. The van der Waals surface area contributed by atoms with E-state index in [-0.39, 0.29) is 19.0 Å². The molecule has 0 radical (unpaired) electrons. The van der Waals surface area contributed by atoms with E-state index in [1.54, 1.807) is 30.3 Å². The molecular formula is C20H24ClN3O5S. The number of amides is 4. The topological polar surface area (TPSA) is 105 Å². The minimum absolute atomic E-state index is 0.0288. The zero-order valence-corrected chi connectivity index (χ0v) is 18.5. The number of nitrogens with one attached hydrogen (secondary N) is 2. The first kappa shape index (κ1) is 23.8. The van der Waals surface area contributed by atoms with E-state index in [1.807, 2.05) is 13.8 Å². The van der Waals surface area contributed by atoms with Gasteiger partial charge in [0, 0.05) is 18.1 Å². The fourth-order valence-corrected chi connectivity index (χ4v) is 3.71. The maximum atomic E-state index is 12.5. The minimum Gasteiger partial charge on any atom is -0.453 e. The molecule has 1 aliphatic rings. The standard InChI is InChI=1S/C20H24ClN3O5S/c1-12(2)10-15(23-19(27)29-3)17(25)22-8-9-24-18(26)16(30-20(24)28)11-13-4-6-14(21)7-5-13/h4-7,11-12,15H,8-10H2,1-3H3,(H,22,25)(H,23,27)/b16-11-. The van der Waals surface area contributed by atoms with Crippen LogP contribution in [-0.2, 0) is 14.3 Å². The Morgan fingerprint density at radius 3 is 2.50 bits per heavy atom. The van der Waals surface area contributed by atoms with Gasteiger partial charge in [0.1, 0.15) is 6.04 Å². The third-order valence-corrected chi connectivity index (χ3v) is 5.34. The van der Waals surface area contributed by atoms with Crippen LogP contribution in [-0.4, -0.2) is 54.3 Å². The van der Waals surface area contributed by atoms with Gasteiger partial charge in [0.25, 0.3) is 11.1 Å². The van der Waals surface area contributed by atoms with Crippen LogP contribution in [0.3, 0.4) is 0 Å². The summed E-state index contributed by atoms with van der Waals surface area (Å²) in [6.07, 6.45) is 1.35. The molecule has 0 spiro atoms. The number of imide groups is 1. The van der Waals surface area contributed by atoms with Gasteiger partial charge in [-0.2, -0.15) is 0 Å². The molecule has 1 fully saturated rings. The van der Waals surface area contributed by atoms with Crippen LogP contribution < -0.4 is 10.6 Å². The summed E-state index contributed by atoms with van der Waals surface area (Å²) in [4.78, 5) is 50.0. The predicted molar refractivity (Wildman–Crippen MR) is 116 cm³/mol. The Kier molecular flexibility index (Phi) is 8.73. The lowest BCUT2D eigenvalue weighted by Gasteiger charge is -2.20. The molecule has 2 N–H and O–H groups in total. The van der Waals surface area contributed by atoms with Crippen molar-refractivity contribution < 1.29 is 23.9 Å². The third kappa shape index (κ3) is 6.77. The Hall–Kier alpha value is -2.52. The van der Waals surface area contributed by atoms with Crippen LogP contribution in [0.2, 0.25) is 5.02 Å². The van der Waals surface area contributed by atoms with Crippen molar-refractivity contribution in [3.63, 3.8) is 0 Å². The maximum absolute atomic E-state index is 12.5. The van der Waals surface area contributed by atoms with Crippen LogP contribution in [0.5, 0.6) is 0 Å². The summed E-state index contributed by atoms with van der Waals surface area (Å²) in [6, 6.07) is 6.13. The van der Waals surface area contributed by atoms with Crippen molar-refractivity contribution in [2.45, 2.75) is 26.3 Å². The van der Waals surface area contributed by atoms with Gasteiger partial charge >= 0.3 is 6.09 Å². The Labute approximate surface area is 184 Å². The molecule has 10 heteroatoms. The predicted octanol–water partition coefficient (Wildman–Crippen LogP) is 3.26. The van der Waals surface area contributed by atoms with Crippen molar-refractivity contribution in [3.05, 3.63) is 39.8 Å². The molecule has 1 saturated heterocycles. The summed E-state index contributed by atoms with van der Waals surface area (Å²) in [5.41, 5.74) is 0.753. The molecule has 2 rings (SSSR count). The molecule has 0 bridgehead atoms. The first-order valence-corrected chi connectivity index (χ1v) is 10.5. The third-order valence-electron chi connectivity index (χ3n) is 4.18. The van der Waals surface area contributed by atoms with Crippen LogP contribution in [0, 0.1) is 5.92 Å². The first-order chi connectivity index (χ1) is 14.2. The number of ether oxygens (including phenoxy) is 1. The highest BCUT2D eigenvalue weighted by Crippen LogP contribution is 2.32. The fraction of sp³-hybridized carbons (Fsp3) is 0.400. The Balaban J connectivity index is 1.93. The number of carbonyl (C=O) groups is 4. The summed E-state index contributed by atoms with van der Waals surface area (Å²) in [6.45, 7) is 3.95. The van der Waals surface area contributed by atoms with Gasteiger partial charge in [-0.1, -0.05) is 37.6 Å². The van der Waals surface area contributed by atoms with Gasteiger partial charge in [0.05, 0.1) is 12.0 Å². The van der Waals surface area contributed by atoms with Gasteiger partial charge in [0.15, 0.2) is 0 Å². The van der Waals surface area contributed by atoms with Gasteiger partial charge in [-0.3, -0.25) is 19.3 Å². The molecule has 0 aliphatic carbocycles. The number of halogens is 1. The van der Waals surface area contributed by atoms with Crippen LogP contribution in [0.15, 0.2) is 29.2 Å². The smallest absolute Gasteiger partial charge is 0.407 e. The van der Waals surface area contributed by atoms with Gasteiger partial charge in [-0.25, -0.2) is 4.79 Å². The average Bonchev–Trinajstić information content (AvgIpc) is 2.95. The summed E-state index contributed by atoms with van der Waals surface area (Å²) in [7, 11) is 1.22. The number of hydrogen-bond donors (Lipinski definition) is 2. The second-order valence-corrected chi connectivity index (χ2v) is 8.42. The molecule has 4 amide bonds. The quantitative estimate of drug-likeness (QED) is 0.585. The zero-order valence-electron chi connectivity index (χ0n) is 16.9. The lowest BCUT2D eigenvalue weighted by molar-refractivity contribution is -0.125. The highest BCUT2D eigenvalue weighted by molar-refractivity contribution is 8.18. The number of rotatable bonds is 8. The van der Waals surface area contributed by atoms with Crippen LogP contribution >= 0.6 is 23.4 Å². The van der Waals surface area contributed by atoms with Crippen molar-refractivity contribution in [2.75, 3.05) is 20.2 Å². The van der Waals surface area contributed by atoms with Crippen LogP contribution in [0.25, 0.3) is 6.08 Å². The second kappa shape index (κ2) is 11.0. The van der Waals surface area contributed by atoms with Crippen LogP contribution in [0.1, 0.15) is 25.8 Å². The molecule has 1 aromatic rings. The van der Waals surface area contributed by atoms with Gasteiger partial charge in [-0.05, 0) is 47.9 Å². The van der Waals surface area contributed by atoms with E-state index in [0.29, 0.717) is 16.3 Å². The summed E-state index contributed by atoms with van der Waals surface area (Å²) >= 11 is 6.70. The number of hydrogen-bond acceptors (Lipinski definition) is 6. The number of thioether (sulfide) groups is 1. The molecule has 1 aromatic carbocycles. The normalized spacial score (nSPS) is 16.2. The van der Waals surface area contributed by atoms with Crippen molar-refractivity contribution >= 4 is 52.6 Å². The minimum atomic E-state index is -0.767. The summed E-state index contributed by atoms with van der Waals surface area (Å²) < 4.78 is 4.55. The lowest BCUT2D eigenvalue weighted by atomic mass is 10.0. The molecule has 30 heavy (non-hydrogen) atoms. The van der Waals surface area contributed by atoms with E-state index < -0.39 is 29.2 Å². The molecule has 0 saturated carbocycles. The van der Waals surface area contributed by atoms with E-state index in [9.17, 15) is 19.2 Å². The highest BCUT2D eigenvalue weighted by Gasteiger charge is 2.34. The zero-order chi connectivity index (χ0) is 22.3. The number of alkyl carbamates (subject to hydrolysis) is 1. The lowest BCUT2D eigenvalue weighted by Crippen LogP contribution is -2.49. The summed E-state index contributed by atoms with van der Waals surface area (Å²) in [5, 5.41) is 5.32. The maximum Gasteiger partial charge on any atom is 0.407 e. The van der Waals surface area contributed by atoms with Crippen molar-refractivity contribution in [1.29, 1.82) is 0 Å². The van der Waals surface area contributed by atoms with E-state index in [4.69, 9.17) is 11.6 Å². The largest absolute Gasteiger partial charge is 0.453 e. The molecule has 1 atom stereocenters. The number of methoxy groups -OCH3 is 1. The van der Waals surface area contributed by atoms with Gasteiger partial charge in [0.2, 0.25) is 5.91 Å². The molecule has 1 aliphatic heterocycles. The molecule has 0 aromatic heterocycles. The Bertz CT molecular complexity index is 841. The van der Waals surface area contributed by atoms with Gasteiger partial charge < -0.3 is 15.4 Å². The Morgan fingerprint density at radius 1 is 1.23 bits per heavy atom. The Morgan fingerprint density at radius 2 is 1.90 bits per heavy atom. The number of carbonyl (C=O) groups excluding carboxylic acids is 4. The molecule has 162 valence electrons. The van der Waals surface area contributed by atoms with Crippen molar-refractivity contribution in [3.8, 4) is 0 Å². The number of benzene rings is 1. The fourth-order valence-electron chi connectivity index (χ4n) is 2.72. The van der Waals surface area contributed by atoms with Gasteiger partial charge in [-0.15, -0.1) is 0 Å². The van der Waals surface area contributed by atoms with Crippen molar-refractivity contribution in [1.82, 2.24) is 15.5 Å². The van der Waals surface area contributed by atoms with Crippen LogP contribution in [0.4, 0.5) is 9.59 Å². The number of nitrogens with zero attached hydrogens (tertiary/aromatic N) is 1. The highest BCUT2D eigenvalue weighted by atomic mass is 35.5. The first-order valence-electron chi connectivity index (χ1n) is 9.34. The molecule has 8 nitrogen and oxygen atoms in total.